The summed E-state index contributed by atoms with van der Waals surface area (Å²) in [5, 5.41) is 0. The van der Waals surface area contributed by atoms with E-state index >= 15 is 0 Å². The van der Waals surface area contributed by atoms with Crippen LogP contribution in [0.3, 0.4) is 0 Å². The predicted octanol–water partition coefficient (Wildman–Crippen LogP) is 4.10. The van der Waals surface area contributed by atoms with E-state index in [2.05, 4.69) is 0 Å². The van der Waals surface area contributed by atoms with Gasteiger partial charge in [-0.05, 0) is 31.3 Å². The van der Waals surface area contributed by atoms with Crippen LogP contribution in [0, 0.1) is 11.8 Å². The van der Waals surface area contributed by atoms with E-state index in [1.54, 1.807) is 20.8 Å². The molecule has 1 aliphatic carbocycles. The fourth-order valence-electron chi connectivity index (χ4n) is 1.95. The average molecular weight is 204 g/mol. The van der Waals surface area contributed by atoms with Crippen molar-refractivity contribution >= 4 is 0 Å². The SMILES string of the molecule is CC1=CC(C)C(C)C(C(F)(F)F)=C1C. The molecule has 0 spiro atoms. The van der Waals surface area contributed by atoms with Crippen molar-refractivity contribution in [2.45, 2.75) is 33.9 Å². The van der Waals surface area contributed by atoms with Crippen LogP contribution < -0.4 is 0 Å². The predicted molar refractivity (Wildman–Crippen MR) is 50.8 cm³/mol. The van der Waals surface area contributed by atoms with E-state index in [9.17, 15) is 13.2 Å². The summed E-state index contributed by atoms with van der Waals surface area (Å²) in [5.41, 5.74) is 0.788. The Labute approximate surface area is 82.5 Å². The zero-order chi connectivity index (χ0) is 11.1. The van der Waals surface area contributed by atoms with E-state index in [0.717, 1.165) is 5.57 Å². The fraction of sp³-hybridized carbons (Fsp3) is 0.636. The van der Waals surface area contributed by atoms with Gasteiger partial charge in [0, 0.05) is 5.57 Å². The van der Waals surface area contributed by atoms with Crippen molar-refractivity contribution in [1.29, 1.82) is 0 Å². The van der Waals surface area contributed by atoms with E-state index in [-0.39, 0.29) is 11.5 Å². The first kappa shape index (κ1) is 11.3. The molecule has 0 bridgehead atoms. The maximum absolute atomic E-state index is 12.7. The van der Waals surface area contributed by atoms with Gasteiger partial charge in [-0.15, -0.1) is 0 Å². The Bertz CT molecular complexity index is 294. The standard InChI is InChI=1S/C11H15F3/c1-6-5-7(2)9(4)10(8(6)3)11(12,13)14/h5-6,8H,1-4H3. The number of rotatable bonds is 0. The van der Waals surface area contributed by atoms with Gasteiger partial charge in [-0.1, -0.05) is 25.5 Å². The molecule has 0 amide bonds. The summed E-state index contributed by atoms with van der Waals surface area (Å²) in [4.78, 5) is 0. The molecule has 0 aromatic heterocycles. The van der Waals surface area contributed by atoms with Crippen LogP contribution in [0.25, 0.3) is 0 Å². The molecule has 0 radical (unpaired) electrons. The first-order valence-corrected chi connectivity index (χ1v) is 4.72. The molecule has 3 heteroatoms. The molecule has 0 saturated heterocycles. The van der Waals surface area contributed by atoms with Crippen LogP contribution >= 0.6 is 0 Å². The van der Waals surface area contributed by atoms with Gasteiger partial charge in [0.1, 0.15) is 0 Å². The highest BCUT2D eigenvalue weighted by Crippen LogP contribution is 2.42. The third-order valence-electron chi connectivity index (χ3n) is 3.06. The van der Waals surface area contributed by atoms with Gasteiger partial charge in [0.25, 0.3) is 0 Å². The monoisotopic (exact) mass is 204 g/mol. The van der Waals surface area contributed by atoms with Gasteiger partial charge in [0.05, 0.1) is 0 Å². The largest absolute Gasteiger partial charge is 0.413 e. The molecule has 2 atom stereocenters. The van der Waals surface area contributed by atoms with Crippen LogP contribution in [0.4, 0.5) is 13.2 Å². The molecule has 0 aromatic rings. The minimum Gasteiger partial charge on any atom is -0.166 e. The molecule has 0 aromatic carbocycles. The molecule has 0 heterocycles. The first-order chi connectivity index (χ1) is 6.25. The van der Waals surface area contributed by atoms with Crippen LogP contribution in [-0.2, 0) is 0 Å². The maximum Gasteiger partial charge on any atom is 0.413 e. The Balaban J connectivity index is 3.23. The van der Waals surface area contributed by atoms with E-state index in [1.165, 1.54) is 0 Å². The molecule has 0 fully saturated rings. The van der Waals surface area contributed by atoms with Crippen LogP contribution in [0.1, 0.15) is 27.7 Å². The molecule has 0 saturated carbocycles. The van der Waals surface area contributed by atoms with Crippen molar-refractivity contribution < 1.29 is 13.2 Å². The van der Waals surface area contributed by atoms with Crippen molar-refractivity contribution in [1.82, 2.24) is 0 Å². The van der Waals surface area contributed by atoms with Crippen LogP contribution in [0.2, 0.25) is 0 Å². The van der Waals surface area contributed by atoms with Gasteiger partial charge < -0.3 is 0 Å². The van der Waals surface area contributed by atoms with Crippen molar-refractivity contribution in [2.75, 3.05) is 0 Å². The lowest BCUT2D eigenvalue weighted by atomic mass is 9.78. The number of allylic oxidation sites excluding steroid dienone is 4. The highest BCUT2D eigenvalue weighted by molar-refractivity contribution is 5.40. The van der Waals surface area contributed by atoms with E-state index < -0.39 is 12.1 Å². The molecule has 1 rings (SSSR count). The van der Waals surface area contributed by atoms with Crippen molar-refractivity contribution in [2.24, 2.45) is 11.8 Å². The van der Waals surface area contributed by atoms with Crippen molar-refractivity contribution in [3.63, 3.8) is 0 Å². The minimum atomic E-state index is -4.19. The average Bonchev–Trinajstić information content (AvgIpc) is 1.98. The number of halogens is 3. The summed E-state index contributed by atoms with van der Waals surface area (Å²) in [6, 6.07) is 0. The number of alkyl halides is 3. The highest BCUT2D eigenvalue weighted by Gasteiger charge is 2.41. The van der Waals surface area contributed by atoms with E-state index in [0.29, 0.717) is 5.57 Å². The molecule has 14 heavy (non-hydrogen) atoms. The molecule has 0 aliphatic heterocycles. The molecule has 1 aliphatic rings. The van der Waals surface area contributed by atoms with Crippen molar-refractivity contribution in [3.8, 4) is 0 Å². The van der Waals surface area contributed by atoms with Gasteiger partial charge in [-0.25, -0.2) is 0 Å². The first-order valence-electron chi connectivity index (χ1n) is 4.72. The summed E-state index contributed by atoms with van der Waals surface area (Å²) in [6.07, 6.45) is -2.28. The number of hydrogen-bond donors (Lipinski definition) is 0. The molecular weight excluding hydrogens is 189 g/mol. The summed E-state index contributed by atoms with van der Waals surface area (Å²) in [6.45, 7) is 6.76. The Morgan fingerprint density at radius 2 is 1.64 bits per heavy atom. The third-order valence-corrected chi connectivity index (χ3v) is 3.06. The second kappa shape index (κ2) is 3.44. The van der Waals surface area contributed by atoms with Gasteiger partial charge >= 0.3 is 6.18 Å². The quantitative estimate of drug-likeness (QED) is 0.557. The summed E-state index contributed by atoms with van der Waals surface area (Å²) >= 11 is 0. The van der Waals surface area contributed by atoms with Gasteiger partial charge in [-0.2, -0.15) is 13.2 Å². The fourth-order valence-corrected chi connectivity index (χ4v) is 1.95. The molecule has 80 valence electrons. The zero-order valence-corrected chi connectivity index (χ0v) is 8.87. The molecule has 0 nitrogen and oxygen atoms in total. The van der Waals surface area contributed by atoms with Gasteiger partial charge in [0.15, 0.2) is 0 Å². The Morgan fingerprint density at radius 3 is 2.07 bits per heavy atom. The molecule has 2 unspecified atom stereocenters. The van der Waals surface area contributed by atoms with Crippen LogP contribution in [-0.4, -0.2) is 6.18 Å². The minimum absolute atomic E-state index is 0.0321. The third kappa shape index (κ3) is 1.86. The Hall–Kier alpha value is -0.730. The Morgan fingerprint density at radius 1 is 1.14 bits per heavy atom. The van der Waals surface area contributed by atoms with Crippen LogP contribution in [0.15, 0.2) is 22.8 Å². The van der Waals surface area contributed by atoms with E-state index in [1.807, 2.05) is 13.0 Å². The van der Waals surface area contributed by atoms with Crippen molar-refractivity contribution in [3.05, 3.63) is 22.8 Å². The van der Waals surface area contributed by atoms with Gasteiger partial charge in [0.2, 0.25) is 0 Å². The smallest absolute Gasteiger partial charge is 0.166 e. The summed E-state index contributed by atoms with van der Waals surface area (Å²) < 4.78 is 38.1. The lowest BCUT2D eigenvalue weighted by molar-refractivity contribution is -0.101. The number of hydrogen-bond acceptors (Lipinski definition) is 0. The van der Waals surface area contributed by atoms with Crippen LogP contribution in [0.5, 0.6) is 0 Å². The lowest BCUT2D eigenvalue weighted by Crippen LogP contribution is -2.26. The zero-order valence-electron chi connectivity index (χ0n) is 8.87. The summed E-state index contributed by atoms with van der Waals surface area (Å²) in [5.74, 6) is -0.464. The molecule has 0 N–H and O–H groups in total. The highest BCUT2D eigenvalue weighted by atomic mass is 19.4. The Kier molecular flexibility index (Phi) is 2.79. The molecular formula is C11H15F3. The van der Waals surface area contributed by atoms with E-state index in [4.69, 9.17) is 0 Å². The normalized spacial score (nSPS) is 29.2. The van der Waals surface area contributed by atoms with Gasteiger partial charge in [-0.3, -0.25) is 0 Å². The second-order valence-corrected chi connectivity index (χ2v) is 4.03. The maximum atomic E-state index is 12.7. The topological polar surface area (TPSA) is 0 Å². The summed E-state index contributed by atoms with van der Waals surface area (Å²) in [7, 11) is 0. The lowest BCUT2D eigenvalue weighted by Gasteiger charge is -2.29. The second-order valence-electron chi connectivity index (χ2n) is 4.03.